The molecule has 1 N–H and O–H groups in total. The Morgan fingerprint density at radius 2 is 2.18 bits per heavy atom. The molecule has 1 saturated carbocycles. The maximum absolute atomic E-state index is 12.0. The third kappa shape index (κ3) is 3.19. The van der Waals surface area contributed by atoms with Gasteiger partial charge in [-0.2, -0.15) is 0 Å². The van der Waals surface area contributed by atoms with Crippen molar-refractivity contribution in [2.45, 2.75) is 45.1 Å². The van der Waals surface area contributed by atoms with Crippen LogP contribution in [0, 0.1) is 0 Å². The lowest BCUT2D eigenvalue weighted by Gasteiger charge is -2.29. The Labute approximate surface area is 103 Å². The van der Waals surface area contributed by atoms with E-state index < -0.39 is 0 Å². The number of Topliss-reactive ketones (excluding diaryl/α,β-unsaturated/α-hetero) is 1. The second-order valence-corrected chi connectivity index (χ2v) is 4.92. The van der Waals surface area contributed by atoms with Crippen molar-refractivity contribution in [3.8, 4) is 0 Å². The van der Waals surface area contributed by atoms with Gasteiger partial charge < -0.3 is 9.32 Å². The molecule has 3 nitrogen and oxygen atoms in total. The molecule has 1 heterocycles. The summed E-state index contributed by atoms with van der Waals surface area (Å²) in [5, 5.41) is 0. The highest BCUT2D eigenvalue weighted by Gasteiger charge is 2.26. The Hall–Kier alpha value is -1.09. The minimum atomic E-state index is 0.137. The van der Waals surface area contributed by atoms with Gasteiger partial charge in [0.1, 0.15) is 6.54 Å². The molecule has 0 bridgehead atoms. The molecule has 0 spiro atoms. The number of carbonyl (C=O) groups is 1. The normalized spacial score (nSPS) is 19.1. The van der Waals surface area contributed by atoms with Crippen LogP contribution in [0.25, 0.3) is 0 Å². The monoisotopic (exact) mass is 236 g/mol. The molecule has 2 rings (SSSR count). The van der Waals surface area contributed by atoms with Crippen molar-refractivity contribution in [3.05, 3.63) is 24.2 Å². The zero-order valence-electron chi connectivity index (χ0n) is 10.6. The summed E-state index contributed by atoms with van der Waals surface area (Å²) in [7, 11) is 0. The second-order valence-electron chi connectivity index (χ2n) is 4.92. The zero-order valence-corrected chi connectivity index (χ0v) is 10.6. The van der Waals surface area contributed by atoms with Crippen LogP contribution in [0.15, 0.2) is 22.8 Å². The van der Waals surface area contributed by atoms with Gasteiger partial charge in [-0.05, 0) is 44.7 Å². The highest BCUT2D eigenvalue weighted by molar-refractivity contribution is 5.94. The van der Waals surface area contributed by atoms with Crippen LogP contribution >= 0.6 is 0 Å². The van der Waals surface area contributed by atoms with Gasteiger partial charge >= 0.3 is 0 Å². The van der Waals surface area contributed by atoms with Gasteiger partial charge in [-0.25, -0.2) is 0 Å². The molecule has 1 unspecified atom stereocenters. The summed E-state index contributed by atoms with van der Waals surface area (Å²) in [4.78, 5) is 13.4. The molecule has 1 aromatic rings. The number of hydrogen-bond donors (Lipinski definition) is 1. The molecule has 0 aliphatic heterocycles. The summed E-state index contributed by atoms with van der Waals surface area (Å²) in [6.07, 6.45) is 8.12. The molecule has 0 saturated heterocycles. The van der Waals surface area contributed by atoms with Gasteiger partial charge in [-0.15, -0.1) is 0 Å². The smallest absolute Gasteiger partial charge is 0.251 e. The minimum absolute atomic E-state index is 0.137. The van der Waals surface area contributed by atoms with E-state index in [0.717, 1.165) is 6.54 Å². The van der Waals surface area contributed by atoms with Gasteiger partial charge in [0, 0.05) is 0 Å². The summed E-state index contributed by atoms with van der Waals surface area (Å²) in [6.45, 7) is 3.77. The highest BCUT2D eigenvalue weighted by Crippen LogP contribution is 2.15. The summed E-state index contributed by atoms with van der Waals surface area (Å²) in [5.74, 6) is 0.643. The number of nitrogens with one attached hydrogen (secondary N) is 1. The number of rotatable bonds is 5. The van der Waals surface area contributed by atoms with Crippen LogP contribution in [-0.4, -0.2) is 24.9 Å². The predicted octanol–water partition coefficient (Wildman–Crippen LogP) is 1.70. The summed E-state index contributed by atoms with van der Waals surface area (Å²) in [6, 6.07) is 4.21. The third-order valence-corrected chi connectivity index (χ3v) is 3.82. The number of ketones is 1. The first-order valence-electron chi connectivity index (χ1n) is 6.72. The Morgan fingerprint density at radius 1 is 1.41 bits per heavy atom. The average molecular weight is 236 g/mol. The van der Waals surface area contributed by atoms with Crippen molar-refractivity contribution >= 4 is 5.78 Å². The predicted molar refractivity (Wildman–Crippen MR) is 66.3 cm³/mol. The van der Waals surface area contributed by atoms with Gasteiger partial charge in [0.15, 0.2) is 5.76 Å². The van der Waals surface area contributed by atoms with Crippen molar-refractivity contribution in [3.63, 3.8) is 0 Å². The standard InChI is InChI=1S/C14H21NO2/c1-2-15(12-7-4-3-5-8-12)11-13(16)14-9-6-10-17-14/h6,9-10,12H,2-5,7-8,11H2,1H3/p+1. The SMILES string of the molecule is CC[NH+](CC(=O)c1ccco1)C1CCCCC1. The van der Waals surface area contributed by atoms with Crippen LogP contribution in [0.4, 0.5) is 0 Å². The van der Waals surface area contributed by atoms with Crippen LogP contribution in [0.1, 0.15) is 49.6 Å². The number of quaternary nitrogens is 1. The number of furan rings is 1. The highest BCUT2D eigenvalue weighted by atomic mass is 16.3. The molecule has 94 valence electrons. The minimum Gasteiger partial charge on any atom is -0.461 e. The van der Waals surface area contributed by atoms with Crippen molar-refractivity contribution in [1.82, 2.24) is 0 Å². The van der Waals surface area contributed by atoms with E-state index in [0.29, 0.717) is 18.3 Å². The van der Waals surface area contributed by atoms with Gasteiger partial charge in [-0.1, -0.05) is 6.42 Å². The van der Waals surface area contributed by atoms with Crippen molar-refractivity contribution in [1.29, 1.82) is 0 Å². The Kier molecular flexibility index (Phi) is 4.37. The van der Waals surface area contributed by atoms with E-state index in [1.807, 2.05) is 0 Å². The van der Waals surface area contributed by atoms with E-state index in [1.165, 1.54) is 37.0 Å². The molecule has 1 fully saturated rings. The fourth-order valence-electron chi connectivity index (χ4n) is 2.80. The van der Waals surface area contributed by atoms with Crippen LogP contribution in [0.3, 0.4) is 0 Å². The average Bonchev–Trinajstić information content (AvgIpc) is 2.90. The molecule has 1 aromatic heterocycles. The third-order valence-electron chi connectivity index (χ3n) is 3.82. The van der Waals surface area contributed by atoms with E-state index in [-0.39, 0.29) is 5.78 Å². The fourth-order valence-corrected chi connectivity index (χ4v) is 2.80. The second kappa shape index (κ2) is 6.01. The Balaban J connectivity index is 1.92. The Morgan fingerprint density at radius 3 is 2.76 bits per heavy atom. The maximum Gasteiger partial charge on any atom is 0.251 e. The molecule has 17 heavy (non-hydrogen) atoms. The lowest BCUT2D eigenvalue weighted by molar-refractivity contribution is -0.917. The molecule has 1 aliphatic rings. The first kappa shape index (κ1) is 12.4. The van der Waals surface area contributed by atoms with E-state index in [9.17, 15) is 4.79 Å². The van der Waals surface area contributed by atoms with Crippen molar-refractivity contribution < 1.29 is 14.1 Å². The number of carbonyl (C=O) groups excluding carboxylic acids is 1. The van der Waals surface area contributed by atoms with E-state index >= 15 is 0 Å². The lowest BCUT2D eigenvalue weighted by atomic mass is 9.94. The van der Waals surface area contributed by atoms with Gasteiger partial charge in [-0.3, -0.25) is 4.79 Å². The first-order valence-corrected chi connectivity index (χ1v) is 6.72. The Bertz CT molecular complexity index is 339. The number of likely N-dealkylation sites (N-methyl/N-ethyl adjacent to an activating group) is 1. The molecule has 0 radical (unpaired) electrons. The largest absolute Gasteiger partial charge is 0.461 e. The molecule has 0 aromatic carbocycles. The lowest BCUT2D eigenvalue weighted by Crippen LogP contribution is -3.16. The van der Waals surface area contributed by atoms with E-state index in [4.69, 9.17) is 4.42 Å². The summed E-state index contributed by atoms with van der Waals surface area (Å²) >= 11 is 0. The van der Waals surface area contributed by atoms with Gasteiger partial charge in [0.05, 0.1) is 18.8 Å². The quantitative estimate of drug-likeness (QED) is 0.790. The summed E-state index contributed by atoms with van der Waals surface area (Å²) < 4.78 is 5.17. The molecule has 1 atom stereocenters. The zero-order chi connectivity index (χ0) is 12.1. The molecule has 1 aliphatic carbocycles. The topological polar surface area (TPSA) is 34.7 Å². The summed E-state index contributed by atoms with van der Waals surface area (Å²) in [5.41, 5.74) is 0. The van der Waals surface area contributed by atoms with E-state index in [1.54, 1.807) is 18.4 Å². The molecular formula is C14H22NO2+. The van der Waals surface area contributed by atoms with Crippen LogP contribution in [0.2, 0.25) is 0 Å². The maximum atomic E-state index is 12.0. The van der Waals surface area contributed by atoms with Gasteiger partial charge in [0.25, 0.3) is 5.78 Å². The van der Waals surface area contributed by atoms with Crippen LogP contribution in [0.5, 0.6) is 0 Å². The molecule has 3 heteroatoms. The van der Waals surface area contributed by atoms with Crippen molar-refractivity contribution in [2.24, 2.45) is 0 Å². The fraction of sp³-hybridized carbons (Fsp3) is 0.643. The molecular weight excluding hydrogens is 214 g/mol. The first-order chi connectivity index (χ1) is 8.31. The van der Waals surface area contributed by atoms with Gasteiger partial charge in [0.2, 0.25) is 0 Å². The number of hydrogen-bond acceptors (Lipinski definition) is 2. The molecule has 0 amide bonds. The van der Waals surface area contributed by atoms with Crippen LogP contribution < -0.4 is 4.90 Å². The van der Waals surface area contributed by atoms with Crippen molar-refractivity contribution in [2.75, 3.05) is 13.1 Å². The van der Waals surface area contributed by atoms with Crippen LogP contribution in [-0.2, 0) is 0 Å². The van der Waals surface area contributed by atoms with E-state index in [2.05, 4.69) is 6.92 Å².